The molecule has 28 heavy (non-hydrogen) atoms. The van der Waals surface area contributed by atoms with Gasteiger partial charge in [0.1, 0.15) is 0 Å². The lowest BCUT2D eigenvalue weighted by molar-refractivity contribution is 0.0938. The molecule has 0 aliphatic heterocycles. The maximum atomic E-state index is 12.7. The molecule has 0 unspecified atom stereocenters. The van der Waals surface area contributed by atoms with E-state index in [1.54, 1.807) is 24.3 Å². The van der Waals surface area contributed by atoms with E-state index in [9.17, 15) is 9.59 Å². The summed E-state index contributed by atoms with van der Waals surface area (Å²) in [4.78, 5) is 25.2. The number of carbonyl (C=O) groups is 1. The molecule has 1 aromatic heterocycles. The van der Waals surface area contributed by atoms with Crippen LogP contribution in [0.4, 0.5) is 0 Å². The first-order valence-electron chi connectivity index (χ1n) is 8.87. The Morgan fingerprint density at radius 3 is 2.36 bits per heavy atom. The third-order valence-corrected chi connectivity index (χ3v) is 4.36. The SMILES string of the molecule is CC(C)n1nc(C(=O)NNC(=S)NCc2ccccc2)c2ccccc2c1=O. The zero-order valence-electron chi connectivity index (χ0n) is 15.6. The molecule has 1 amide bonds. The molecule has 3 aromatic rings. The molecule has 0 aliphatic rings. The minimum Gasteiger partial charge on any atom is -0.357 e. The molecule has 0 bridgehead atoms. The number of aromatic nitrogens is 2. The summed E-state index contributed by atoms with van der Waals surface area (Å²) in [6, 6.07) is 16.5. The molecule has 0 radical (unpaired) electrons. The van der Waals surface area contributed by atoms with Crippen LogP contribution in [0.2, 0.25) is 0 Å². The van der Waals surface area contributed by atoms with Crippen LogP contribution in [0.25, 0.3) is 10.8 Å². The zero-order chi connectivity index (χ0) is 20.1. The number of hydrogen-bond donors (Lipinski definition) is 3. The highest BCUT2D eigenvalue weighted by Crippen LogP contribution is 2.14. The monoisotopic (exact) mass is 395 g/mol. The molecule has 8 heteroatoms. The second-order valence-corrected chi connectivity index (χ2v) is 6.89. The number of fused-ring (bicyclic) bond motifs is 1. The van der Waals surface area contributed by atoms with E-state index in [2.05, 4.69) is 21.3 Å². The van der Waals surface area contributed by atoms with E-state index in [4.69, 9.17) is 12.2 Å². The highest BCUT2D eigenvalue weighted by molar-refractivity contribution is 7.80. The molecule has 2 aromatic carbocycles. The Hall–Kier alpha value is -3.26. The van der Waals surface area contributed by atoms with Gasteiger partial charge in [-0.3, -0.25) is 20.4 Å². The average molecular weight is 395 g/mol. The Bertz CT molecular complexity index is 1060. The number of nitrogens with zero attached hydrogens (tertiary/aromatic N) is 2. The first-order chi connectivity index (χ1) is 13.5. The van der Waals surface area contributed by atoms with Gasteiger partial charge >= 0.3 is 0 Å². The average Bonchev–Trinajstić information content (AvgIpc) is 2.71. The Morgan fingerprint density at radius 2 is 1.68 bits per heavy atom. The predicted molar refractivity (Wildman–Crippen MR) is 113 cm³/mol. The van der Waals surface area contributed by atoms with Crippen molar-refractivity contribution in [2.75, 3.05) is 0 Å². The maximum absolute atomic E-state index is 12.7. The van der Waals surface area contributed by atoms with Crippen molar-refractivity contribution in [3.63, 3.8) is 0 Å². The van der Waals surface area contributed by atoms with Gasteiger partial charge in [0.05, 0.1) is 11.4 Å². The molecule has 0 aliphatic carbocycles. The van der Waals surface area contributed by atoms with Crippen molar-refractivity contribution in [2.45, 2.75) is 26.4 Å². The van der Waals surface area contributed by atoms with Gasteiger partial charge in [-0.1, -0.05) is 48.5 Å². The summed E-state index contributed by atoms with van der Waals surface area (Å²) in [6.45, 7) is 4.21. The summed E-state index contributed by atoms with van der Waals surface area (Å²) in [5.74, 6) is -0.477. The second-order valence-electron chi connectivity index (χ2n) is 6.49. The van der Waals surface area contributed by atoms with Crippen molar-refractivity contribution >= 4 is 34.0 Å². The van der Waals surface area contributed by atoms with Gasteiger partial charge in [-0.25, -0.2) is 4.68 Å². The van der Waals surface area contributed by atoms with Crippen LogP contribution in [-0.2, 0) is 6.54 Å². The van der Waals surface area contributed by atoms with E-state index in [0.717, 1.165) is 5.56 Å². The van der Waals surface area contributed by atoms with Crippen LogP contribution < -0.4 is 21.7 Å². The standard InChI is InChI=1S/C20H21N5O2S/c1-13(2)25-19(27)16-11-7-6-10-15(16)17(24-25)18(26)22-23-20(28)21-12-14-8-4-3-5-9-14/h3-11,13H,12H2,1-2H3,(H,22,26)(H2,21,23,28). The van der Waals surface area contributed by atoms with Gasteiger partial charge in [0.2, 0.25) is 0 Å². The Labute approximate surface area is 167 Å². The lowest BCUT2D eigenvalue weighted by Gasteiger charge is -2.15. The lowest BCUT2D eigenvalue weighted by Crippen LogP contribution is -2.47. The summed E-state index contributed by atoms with van der Waals surface area (Å²) in [7, 11) is 0. The van der Waals surface area contributed by atoms with Crippen LogP contribution in [0.1, 0.15) is 35.9 Å². The highest BCUT2D eigenvalue weighted by atomic mass is 32.1. The van der Waals surface area contributed by atoms with Crippen molar-refractivity contribution in [3.05, 3.63) is 76.2 Å². The summed E-state index contributed by atoms with van der Waals surface area (Å²) < 4.78 is 1.31. The molecule has 0 fully saturated rings. The zero-order valence-corrected chi connectivity index (χ0v) is 16.4. The molecule has 0 spiro atoms. The minimum absolute atomic E-state index is 0.155. The number of rotatable bonds is 4. The minimum atomic E-state index is -0.477. The number of hydrogen-bond acceptors (Lipinski definition) is 4. The number of benzene rings is 2. The van der Waals surface area contributed by atoms with Gasteiger partial charge in [-0.15, -0.1) is 0 Å². The molecular formula is C20H21N5O2S. The van der Waals surface area contributed by atoms with Crippen LogP contribution in [0.3, 0.4) is 0 Å². The summed E-state index contributed by atoms with van der Waals surface area (Å²) in [5, 5.41) is 8.49. The van der Waals surface area contributed by atoms with E-state index in [0.29, 0.717) is 17.3 Å². The van der Waals surface area contributed by atoms with Gasteiger partial charge < -0.3 is 5.32 Å². The van der Waals surface area contributed by atoms with E-state index in [-0.39, 0.29) is 22.4 Å². The molecule has 3 rings (SSSR count). The topological polar surface area (TPSA) is 88.1 Å². The quantitative estimate of drug-likeness (QED) is 0.464. The van der Waals surface area contributed by atoms with Crippen molar-refractivity contribution in [3.8, 4) is 0 Å². The van der Waals surface area contributed by atoms with Crippen LogP contribution in [-0.4, -0.2) is 20.8 Å². The summed E-state index contributed by atoms with van der Waals surface area (Å²) >= 11 is 5.19. The van der Waals surface area contributed by atoms with Gasteiger partial charge in [-0.05, 0) is 37.7 Å². The molecule has 7 nitrogen and oxygen atoms in total. The molecule has 1 heterocycles. The number of carbonyl (C=O) groups excluding carboxylic acids is 1. The molecule has 0 saturated heterocycles. The maximum Gasteiger partial charge on any atom is 0.290 e. The fourth-order valence-electron chi connectivity index (χ4n) is 2.72. The number of hydrazine groups is 1. The molecular weight excluding hydrogens is 374 g/mol. The van der Waals surface area contributed by atoms with E-state index in [1.807, 2.05) is 44.2 Å². The Morgan fingerprint density at radius 1 is 1.04 bits per heavy atom. The third kappa shape index (κ3) is 4.34. The first-order valence-corrected chi connectivity index (χ1v) is 9.28. The Kier molecular flexibility index (Phi) is 6.00. The van der Waals surface area contributed by atoms with Crippen LogP contribution in [0, 0.1) is 0 Å². The van der Waals surface area contributed by atoms with Gasteiger partial charge in [0, 0.05) is 11.9 Å². The summed E-state index contributed by atoms with van der Waals surface area (Å²) in [5.41, 5.74) is 6.21. The van der Waals surface area contributed by atoms with Crippen LogP contribution in [0.15, 0.2) is 59.4 Å². The Balaban J connectivity index is 1.73. The normalized spacial score (nSPS) is 10.7. The van der Waals surface area contributed by atoms with Crippen LogP contribution >= 0.6 is 12.2 Å². The molecule has 144 valence electrons. The van der Waals surface area contributed by atoms with Crippen molar-refractivity contribution in [2.24, 2.45) is 0 Å². The molecule has 0 saturated carbocycles. The summed E-state index contributed by atoms with van der Waals surface area (Å²) in [6.07, 6.45) is 0. The first kappa shape index (κ1) is 19.5. The fraction of sp³-hybridized carbons (Fsp3) is 0.200. The van der Waals surface area contributed by atoms with Crippen LogP contribution in [0.5, 0.6) is 0 Å². The van der Waals surface area contributed by atoms with E-state index in [1.165, 1.54) is 4.68 Å². The van der Waals surface area contributed by atoms with E-state index >= 15 is 0 Å². The van der Waals surface area contributed by atoms with Crippen molar-refractivity contribution in [1.82, 2.24) is 25.9 Å². The molecule has 3 N–H and O–H groups in total. The highest BCUT2D eigenvalue weighted by Gasteiger charge is 2.17. The molecule has 0 atom stereocenters. The van der Waals surface area contributed by atoms with Crippen molar-refractivity contribution < 1.29 is 4.79 Å². The number of thiocarbonyl (C=S) groups is 1. The fourth-order valence-corrected chi connectivity index (χ4v) is 2.84. The number of nitrogens with one attached hydrogen (secondary N) is 3. The van der Waals surface area contributed by atoms with Gasteiger partial charge in [0.25, 0.3) is 11.5 Å². The lowest BCUT2D eigenvalue weighted by atomic mass is 10.1. The van der Waals surface area contributed by atoms with Gasteiger partial charge in [0.15, 0.2) is 10.8 Å². The predicted octanol–water partition coefficient (Wildman–Crippen LogP) is 2.29. The van der Waals surface area contributed by atoms with Gasteiger partial charge in [-0.2, -0.15) is 5.10 Å². The van der Waals surface area contributed by atoms with E-state index < -0.39 is 5.91 Å². The largest absolute Gasteiger partial charge is 0.357 e. The smallest absolute Gasteiger partial charge is 0.290 e. The van der Waals surface area contributed by atoms with Crippen molar-refractivity contribution in [1.29, 1.82) is 0 Å². The second kappa shape index (κ2) is 8.62. The number of amides is 1. The third-order valence-electron chi connectivity index (χ3n) is 4.12.